The summed E-state index contributed by atoms with van der Waals surface area (Å²) < 4.78 is 26.4. The maximum absolute atomic E-state index is 14.3. The van der Waals surface area contributed by atoms with Crippen LogP contribution in [0.2, 0.25) is 10.0 Å². The Morgan fingerprint density at radius 3 is 2.34 bits per heavy atom. The summed E-state index contributed by atoms with van der Waals surface area (Å²) >= 11 is 11.3. The zero-order chi connectivity index (χ0) is 28.3. The number of carbonyl (C=O) groups is 1. The fourth-order valence-electron chi connectivity index (χ4n) is 4.33. The van der Waals surface area contributed by atoms with Crippen molar-refractivity contribution in [3.63, 3.8) is 0 Å². The molecular formula is C29H32Cl2F2N4O. The van der Waals surface area contributed by atoms with Gasteiger partial charge in [0.25, 0.3) is 0 Å². The minimum atomic E-state index is -0.394. The van der Waals surface area contributed by atoms with Crippen molar-refractivity contribution >= 4 is 35.4 Å². The molecule has 1 saturated heterocycles. The summed E-state index contributed by atoms with van der Waals surface area (Å²) in [6, 6.07) is 18.7. The molecular weight excluding hydrogens is 529 g/mol. The van der Waals surface area contributed by atoms with Crippen LogP contribution in [-0.4, -0.2) is 23.5 Å². The van der Waals surface area contributed by atoms with Crippen LogP contribution in [-0.2, 0) is 4.79 Å². The van der Waals surface area contributed by atoms with Gasteiger partial charge >= 0.3 is 0 Å². The van der Waals surface area contributed by atoms with Crippen LogP contribution in [0.4, 0.5) is 14.6 Å². The Kier molecular flexibility index (Phi) is 12.1. The fourth-order valence-corrected chi connectivity index (χ4v) is 4.69. The Bertz CT molecular complexity index is 1200. The number of nitrogens with one attached hydrogen (secondary N) is 2. The molecule has 2 heterocycles. The molecule has 0 spiro atoms. The summed E-state index contributed by atoms with van der Waals surface area (Å²) in [7, 11) is 0. The van der Waals surface area contributed by atoms with Crippen LogP contribution in [0.25, 0.3) is 0 Å². The van der Waals surface area contributed by atoms with Gasteiger partial charge in [0.1, 0.15) is 17.5 Å². The molecule has 1 aliphatic heterocycles. The van der Waals surface area contributed by atoms with Crippen molar-refractivity contribution in [1.82, 2.24) is 10.3 Å². The number of rotatable bonds is 4. The lowest BCUT2D eigenvalue weighted by atomic mass is 9.78. The molecule has 0 bridgehead atoms. The van der Waals surface area contributed by atoms with Crippen molar-refractivity contribution in [2.75, 3.05) is 5.32 Å². The third kappa shape index (κ3) is 9.68. The third-order valence-corrected chi connectivity index (χ3v) is 6.34. The molecule has 2 aromatic carbocycles. The maximum atomic E-state index is 14.3. The van der Waals surface area contributed by atoms with Gasteiger partial charge in [0.15, 0.2) is 0 Å². The minimum Gasteiger partial charge on any atom is -0.313 e. The average molecular weight is 562 g/mol. The van der Waals surface area contributed by atoms with E-state index in [2.05, 4.69) is 42.5 Å². The first kappa shape index (κ1) is 31.2. The lowest BCUT2D eigenvalue weighted by Crippen LogP contribution is -2.33. The van der Waals surface area contributed by atoms with Crippen LogP contribution >= 0.6 is 23.2 Å². The third-order valence-electron chi connectivity index (χ3n) is 5.82. The van der Waals surface area contributed by atoms with E-state index in [4.69, 9.17) is 23.2 Å². The summed E-state index contributed by atoms with van der Waals surface area (Å²) in [6.07, 6.45) is 3.10. The quantitative estimate of drug-likeness (QED) is 0.321. The number of hydrogen-bond acceptors (Lipinski definition) is 4. The van der Waals surface area contributed by atoms with E-state index in [1.54, 1.807) is 54.7 Å². The van der Waals surface area contributed by atoms with E-state index in [9.17, 15) is 18.8 Å². The Balaban J connectivity index is 0.000000243. The number of halogens is 4. The molecule has 1 fully saturated rings. The normalized spacial score (nSPS) is 20.2. The second kappa shape index (κ2) is 14.8. The van der Waals surface area contributed by atoms with Gasteiger partial charge in [0.05, 0.1) is 17.0 Å². The van der Waals surface area contributed by atoms with E-state index in [0.717, 1.165) is 6.42 Å². The van der Waals surface area contributed by atoms with Gasteiger partial charge in [-0.3, -0.25) is 4.79 Å². The molecule has 0 saturated carbocycles. The number of benzene rings is 2. The molecule has 38 heavy (non-hydrogen) atoms. The van der Waals surface area contributed by atoms with Gasteiger partial charge in [-0.15, -0.1) is 0 Å². The van der Waals surface area contributed by atoms with Crippen LogP contribution < -0.4 is 10.6 Å². The number of aromatic nitrogens is 1. The van der Waals surface area contributed by atoms with E-state index in [-0.39, 0.29) is 40.2 Å². The first-order valence-corrected chi connectivity index (χ1v) is 12.8. The number of nitrogens with zero attached hydrogens (tertiary/aromatic N) is 2. The topological polar surface area (TPSA) is 77.8 Å². The van der Waals surface area contributed by atoms with Gasteiger partial charge < -0.3 is 10.6 Å². The summed E-state index contributed by atoms with van der Waals surface area (Å²) in [5.74, 6) is -0.521. The first-order valence-electron chi connectivity index (χ1n) is 12.1. The number of hydrogen-bond donors (Lipinski definition) is 2. The lowest BCUT2D eigenvalue weighted by Gasteiger charge is -2.25. The standard InChI is InChI=1S/C17H22ClFN2.C6H4ClF.C6H6N2O/c1-10-15(11-6-5-7-13(18)16(11)19)12(9-20)14(21-10)8-17(2,3)4;7-5-2-1-3-6(8)4-5;9-5-8-6-3-1-2-4-7-6/h5-7,10,12,14-15,21H,8H2,1-4H3;1-4H;1-5H,(H,7,8,9). The van der Waals surface area contributed by atoms with E-state index >= 15 is 0 Å². The Labute approximate surface area is 233 Å². The molecule has 1 aromatic heterocycles. The molecule has 1 aliphatic rings. The highest BCUT2D eigenvalue weighted by atomic mass is 35.5. The highest BCUT2D eigenvalue weighted by Crippen LogP contribution is 2.41. The van der Waals surface area contributed by atoms with Gasteiger partial charge in [-0.2, -0.15) is 5.26 Å². The van der Waals surface area contributed by atoms with Crippen molar-refractivity contribution in [3.8, 4) is 6.07 Å². The van der Waals surface area contributed by atoms with Gasteiger partial charge in [-0.25, -0.2) is 13.8 Å². The predicted octanol–water partition coefficient (Wildman–Crippen LogP) is 7.63. The first-order chi connectivity index (χ1) is 18.0. The van der Waals surface area contributed by atoms with Crippen molar-refractivity contribution in [3.05, 3.63) is 94.1 Å². The zero-order valence-corrected chi connectivity index (χ0v) is 23.3. The molecule has 3 aromatic rings. The predicted molar refractivity (Wildman–Crippen MR) is 149 cm³/mol. The minimum absolute atomic E-state index is 0.0509. The Morgan fingerprint density at radius 2 is 1.82 bits per heavy atom. The van der Waals surface area contributed by atoms with Crippen molar-refractivity contribution in [2.24, 2.45) is 11.3 Å². The van der Waals surface area contributed by atoms with Crippen LogP contribution in [0.3, 0.4) is 0 Å². The summed E-state index contributed by atoms with van der Waals surface area (Å²) in [6.45, 7) is 8.47. The van der Waals surface area contributed by atoms with Gasteiger partial charge in [0, 0.05) is 29.2 Å². The smallest absolute Gasteiger partial charge is 0.212 e. The number of amides is 1. The monoisotopic (exact) mass is 560 g/mol. The summed E-state index contributed by atoms with van der Waals surface area (Å²) in [5, 5.41) is 16.0. The highest BCUT2D eigenvalue weighted by molar-refractivity contribution is 6.31. The van der Waals surface area contributed by atoms with E-state index < -0.39 is 5.82 Å². The molecule has 9 heteroatoms. The maximum Gasteiger partial charge on any atom is 0.212 e. The molecule has 202 valence electrons. The van der Waals surface area contributed by atoms with Crippen LogP contribution in [0.15, 0.2) is 66.9 Å². The second-order valence-electron chi connectivity index (χ2n) is 10.1. The number of anilines is 1. The number of carbonyl (C=O) groups excluding carboxylic acids is 1. The summed E-state index contributed by atoms with van der Waals surface area (Å²) in [4.78, 5) is 13.6. The molecule has 4 rings (SSSR count). The van der Waals surface area contributed by atoms with Crippen molar-refractivity contribution in [2.45, 2.75) is 52.1 Å². The van der Waals surface area contributed by atoms with Crippen LogP contribution in [0.5, 0.6) is 0 Å². The van der Waals surface area contributed by atoms with E-state index in [0.29, 0.717) is 22.8 Å². The van der Waals surface area contributed by atoms with Crippen molar-refractivity contribution in [1.29, 1.82) is 5.26 Å². The van der Waals surface area contributed by atoms with Gasteiger partial charge in [-0.05, 0) is 60.7 Å². The van der Waals surface area contributed by atoms with Crippen LogP contribution in [0.1, 0.15) is 45.6 Å². The van der Waals surface area contributed by atoms with Gasteiger partial charge in [0.2, 0.25) is 6.41 Å². The SMILES string of the molecule is CC1NC(CC(C)(C)C)C(C#N)C1c1cccc(Cl)c1F.Fc1cccc(Cl)c1.O=CNc1ccccn1. The van der Waals surface area contributed by atoms with E-state index in [1.807, 2.05) is 6.92 Å². The van der Waals surface area contributed by atoms with Crippen LogP contribution in [0, 0.1) is 34.3 Å². The Morgan fingerprint density at radius 1 is 1.11 bits per heavy atom. The molecule has 0 radical (unpaired) electrons. The number of nitriles is 1. The second-order valence-corrected chi connectivity index (χ2v) is 10.9. The highest BCUT2D eigenvalue weighted by Gasteiger charge is 2.44. The molecule has 1 amide bonds. The average Bonchev–Trinajstić information content (AvgIpc) is 3.15. The lowest BCUT2D eigenvalue weighted by molar-refractivity contribution is -0.105. The van der Waals surface area contributed by atoms with E-state index in [1.165, 1.54) is 12.1 Å². The molecule has 0 aliphatic carbocycles. The Hall–Kier alpha value is -3.05. The zero-order valence-electron chi connectivity index (χ0n) is 21.8. The molecule has 5 nitrogen and oxygen atoms in total. The molecule has 2 N–H and O–H groups in total. The summed E-state index contributed by atoms with van der Waals surface area (Å²) in [5.41, 5.74) is 0.666. The van der Waals surface area contributed by atoms with Crippen molar-refractivity contribution < 1.29 is 13.6 Å². The number of pyridine rings is 1. The molecule has 4 unspecified atom stereocenters. The fraction of sp³-hybridized carbons (Fsp3) is 0.345. The molecule has 4 atom stereocenters. The largest absolute Gasteiger partial charge is 0.313 e. The van der Waals surface area contributed by atoms with Gasteiger partial charge in [-0.1, -0.05) is 68.2 Å².